The molecule has 0 spiro atoms. The van der Waals surface area contributed by atoms with Crippen LogP contribution in [0, 0.1) is 5.41 Å². The molecule has 0 aliphatic carbocycles. The van der Waals surface area contributed by atoms with Gasteiger partial charge in [0.2, 0.25) is 5.91 Å². The zero-order valence-corrected chi connectivity index (χ0v) is 10.1. The minimum atomic E-state index is -1.05. The van der Waals surface area contributed by atoms with Gasteiger partial charge in [-0.2, -0.15) is 0 Å². The van der Waals surface area contributed by atoms with E-state index in [0.29, 0.717) is 12.4 Å². The van der Waals surface area contributed by atoms with E-state index in [1.807, 2.05) is 0 Å². The van der Waals surface area contributed by atoms with Crippen molar-refractivity contribution < 1.29 is 10.0 Å². The van der Waals surface area contributed by atoms with Gasteiger partial charge in [0.05, 0.1) is 6.54 Å². The van der Waals surface area contributed by atoms with Crippen LogP contribution in [0.1, 0.15) is 19.7 Å². The van der Waals surface area contributed by atoms with E-state index in [1.54, 1.807) is 33.3 Å². The minimum absolute atomic E-state index is 0.117. The summed E-state index contributed by atoms with van der Waals surface area (Å²) in [4.78, 5) is 20.5. The summed E-state index contributed by atoms with van der Waals surface area (Å²) in [6, 6.07) is 0. The maximum Gasteiger partial charge on any atom is 0.236 e. The molecule has 0 fully saturated rings. The van der Waals surface area contributed by atoms with Crippen LogP contribution in [0.3, 0.4) is 0 Å². The van der Waals surface area contributed by atoms with Crippen molar-refractivity contribution in [2.45, 2.75) is 20.4 Å². The molecule has 7 nitrogen and oxygen atoms in total. The summed E-state index contributed by atoms with van der Waals surface area (Å²) in [7, 11) is 1.64. The highest BCUT2D eigenvalue weighted by Crippen LogP contribution is 2.19. The summed E-state index contributed by atoms with van der Waals surface area (Å²) in [5.74, 6) is 0.314. The lowest BCUT2D eigenvalue weighted by molar-refractivity contribution is -0.136. The number of nitrogens with two attached hydrogens (primary N) is 1. The van der Waals surface area contributed by atoms with Crippen LogP contribution in [0.5, 0.6) is 0 Å². The molecule has 1 aromatic rings. The first-order valence-corrected chi connectivity index (χ1v) is 5.11. The van der Waals surface area contributed by atoms with Crippen LogP contribution in [0.4, 0.5) is 0 Å². The van der Waals surface area contributed by atoms with Gasteiger partial charge >= 0.3 is 0 Å². The Balaban J connectivity index is 2.76. The maximum atomic E-state index is 12.1. The molecule has 1 aromatic heterocycles. The van der Waals surface area contributed by atoms with E-state index in [0.717, 1.165) is 0 Å². The largest absolute Gasteiger partial charge is 0.409 e. The Morgan fingerprint density at radius 1 is 1.71 bits per heavy atom. The van der Waals surface area contributed by atoms with Crippen molar-refractivity contribution in [3.8, 4) is 0 Å². The van der Waals surface area contributed by atoms with Crippen molar-refractivity contribution in [3.05, 3.63) is 18.2 Å². The van der Waals surface area contributed by atoms with Crippen molar-refractivity contribution in [1.82, 2.24) is 14.9 Å². The van der Waals surface area contributed by atoms with Crippen molar-refractivity contribution in [2.24, 2.45) is 16.3 Å². The Morgan fingerprint density at radius 3 is 2.82 bits per heavy atom. The normalized spacial score (nSPS) is 12.5. The highest BCUT2D eigenvalue weighted by molar-refractivity contribution is 6.05. The number of nitrogens with one attached hydrogen (secondary N) is 1. The van der Waals surface area contributed by atoms with Crippen LogP contribution >= 0.6 is 0 Å². The molecule has 0 saturated carbocycles. The number of carbonyl (C=O) groups excluding carboxylic acids is 1. The third kappa shape index (κ3) is 2.74. The van der Waals surface area contributed by atoms with E-state index in [9.17, 15) is 4.79 Å². The molecule has 0 saturated heterocycles. The number of aromatic amines is 1. The molecule has 1 rings (SSSR count). The smallest absolute Gasteiger partial charge is 0.236 e. The molecule has 0 atom stereocenters. The lowest BCUT2D eigenvalue weighted by Crippen LogP contribution is -2.46. The number of H-pyrrole nitrogens is 1. The number of amides is 1. The van der Waals surface area contributed by atoms with Crippen LogP contribution in [0.15, 0.2) is 17.5 Å². The van der Waals surface area contributed by atoms with Gasteiger partial charge in [-0.3, -0.25) is 4.79 Å². The second-order valence-electron chi connectivity index (χ2n) is 4.31. The lowest BCUT2D eigenvalue weighted by atomic mass is 9.90. The van der Waals surface area contributed by atoms with Crippen molar-refractivity contribution >= 4 is 11.7 Å². The molecular weight excluding hydrogens is 222 g/mol. The van der Waals surface area contributed by atoms with Crippen LogP contribution in [0.25, 0.3) is 0 Å². The van der Waals surface area contributed by atoms with Gasteiger partial charge in [0.15, 0.2) is 5.84 Å². The Kier molecular flexibility index (Phi) is 3.72. The predicted molar refractivity (Wildman–Crippen MR) is 62.3 cm³/mol. The summed E-state index contributed by atoms with van der Waals surface area (Å²) in [6.07, 6.45) is 3.30. The highest BCUT2D eigenvalue weighted by atomic mass is 16.4. The molecule has 0 unspecified atom stereocenters. The molecule has 0 bridgehead atoms. The zero-order chi connectivity index (χ0) is 13.1. The Morgan fingerprint density at radius 2 is 2.35 bits per heavy atom. The average molecular weight is 239 g/mol. The van der Waals surface area contributed by atoms with Crippen LogP contribution < -0.4 is 5.73 Å². The average Bonchev–Trinajstić information content (AvgIpc) is 2.79. The number of hydrogen-bond acceptors (Lipinski definition) is 4. The summed E-state index contributed by atoms with van der Waals surface area (Å²) >= 11 is 0. The third-order valence-electron chi connectivity index (χ3n) is 2.57. The zero-order valence-electron chi connectivity index (χ0n) is 10.1. The second-order valence-corrected chi connectivity index (χ2v) is 4.31. The third-order valence-corrected chi connectivity index (χ3v) is 2.57. The first-order valence-electron chi connectivity index (χ1n) is 5.11. The van der Waals surface area contributed by atoms with E-state index in [4.69, 9.17) is 10.9 Å². The number of hydrogen-bond donors (Lipinski definition) is 3. The molecule has 0 aromatic carbocycles. The second kappa shape index (κ2) is 4.86. The molecule has 0 aliphatic rings. The molecular formula is C10H17N5O2. The predicted octanol–water partition coefficient (Wildman–Crippen LogP) is 0.141. The number of aromatic nitrogens is 2. The molecule has 0 radical (unpaired) electrons. The SMILES string of the molecule is CN(Cc1ncc[nH]1)C(=O)C(C)(C)C(N)=NO. The van der Waals surface area contributed by atoms with Gasteiger partial charge in [-0.25, -0.2) is 4.98 Å². The molecule has 1 heterocycles. The van der Waals surface area contributed by atoms with Gasteiger partial charge < -0.3 is 20.8 Å². The maximum absolute atomic E-state index is 12.1. The Hall–Kier alpha value is -2.05. The summed E-state index contributed by atoms with van der Waals surface area (Å²) in [5.41, 5.74) is 4.45. The molecule has 4 N–H and O–H groups in total. The number of amidine groups is 1. The van der Waals surface area contributed by atoms with E-state index >= 15 is 0 Å². The fourth-order valence-corrected chi connectivity index (χ4v) is 1.39. The fourth-order valence-electron chi connectivity index (χ4n) is 1.39. The summed E-state index contributed by atoms with van der Waals surface area (Å²) < 4.78 is 0. The van der Waals surface area contributed by atoms with Crippen molar-refractivity contribution in [3.63, 3.8) is 0 Å². The molecule has 7 heteroatoms. The van der Waals surface area contributed by atoms with Crippen LogP contribution in [0.2, 0.25) is 0 Å². The van der Waals surface area contributed by atoms with Gasteiger partial charge in [0.1, 0.15) is 11.2 Å². The summed E-state index contributed by atoms with van der Waals surface area (Å²) in [6.45, 7) is 3.54. The van der Waals surface area contributed by atoms with E-state index in [2.05, 4.69) is 15.1 Å². The van der Waals surface area contributed by atoms with Crippen LogP contribution in [-0.4, -0.2) is 38.9 Å². The monoisotopic (exact) mass is 239 g/mol. The van der Waals surface area contributed by atoms with E-state index in [1.165, 1.54) is 4.90 Å². The van der Waals surface area contributed by atoms with Gasteiger partial charge in [0, 0.05) is 19.4 Å². The Bertz CT molecular complexity index is 410. The van der Waals surface area contributed by atoms with E-state index < -0.39 is 5.41 Å². The molecule has 94 valence electrons. The summed E-state index contributed by atoms with van der Waals surface area (Å²) in [5, 5.41) is 11.5. The van der Waals surface area contributed by atoms with Gasteiger partial charge in [-0.1, -0.05) is 5.16 Å². The minimum Gasteiger partial charge on any atom is -0.409 e. The van der Waals surface area contributed by atoms with Gasteiger partial charge in [-0.15, -0.1) is 0 Å². The Labute approximate surface area is 99.3 Å². The number of carbonyl (C=O) groups is 1. The topological polar surface area (TPSA) is 108 Å². The number of nitrogens with zero attached hydrogens (tertiary/aromatic N) is 3. The quantitative estimate of drug-likeness (QED) is 0.300. The number of rotatable bonds is 4. The van der Waals surface area contributed by atoms with Crippen molar-refractivity contribution in [1.29, 1.82) is 0 Å². The molecule has 0 aliphatic heterocycles. The van der Waals surface area contributed by atoms with Crippen LogP contribution in [-0.2, 0) is 11.3 Å². The first-order chi connectivity index (χ1) is 7.89. The fraction of sp³-hybridized carbons (Fsp3) is 0.500. The van der Waals surface area contributed by atoms with Gasteiger partial charge in [-0.05, 0) is 13.8 Å². The first kappa shape index (κ1) is 13.0. The standard InChI is InChI=1S/C10H17N5O2/c1-10(2,8(11)14-17)9(16)15(3)6-7-12-4-5-13-7/h4-5,17H,6H2,1-3H3,(H2,11,14)(H,12,13). The van der Waals surface area contributed by atoms with Crippen molar-refractivity contribution in [2.75, 3.05) is 7.05 Å². The van der Waals surface area contributed by atoms with E-state index in [-0.39, 0.29) is 11.7 Å². The number of oxime groups is 1. The molecule has 17 heavy (non-hydrogen) atoms. The number of imidazole rings is 1. The highest BCUT2D eigenvalue weighted by Gasteiger charge is 2.35. The van der Waals surface area contributed by atoms with Gasteiger partial charge in [0.25, 0.3) is 0 Å². The lowest BCUT2D eigenvalue weighted by Gasteiger charge is -2.27. The molecule has 1 amide bonds.